The van der Waals surface area contributed by atoms with Gasteiger partial charge in [0.2, 0.25) is 0 Å². The largest absolute Gasteiger partial charge is 0.399 e. The number of nitrogen functional groups attached to an aromatic ring is 1. The van der Waals surface area contributed by atoms with Crippen LogP contribution in [0.4, 0.5) is 11.4 Å². The van der Waals surface area contributed by atoms with Crippen molar-refractivity contribution in [2.24, 2.45) is 5.92 Å². The average molecular weight is 345 g/mol. The molecule has 1 aromatic carbocycles. The van der Waals surface area contributed by atoms with Crippen LogP contribution in [0.1, 0.15) is 12.8 Å². The second-order valence-corrected chi connectivity index (χ2v) is 6.05. The van der Waals surface area contributed by atoms with E-state index < -0.39 is 0 Å². The standard InChI is InChI=1S/C13H20IN3/c1-17-6-2-3-10(9-17)8-16-13-5-4-11(15)7-12(13)14/h4-5,7,10,16H,2-3,6,8-9,15H2,1H3. The van der Waals surface area contributed by atoms with E-state index in [0.717, 1.165) is 18.2 Å². The van der Waals surface area contributed by atoms with Crippen molar-refractivity contribution in [1.29, 1.82) is 0 Å². The summed E-state index contributed by atoms with van der Waals surface area (Å²) >= 11 is 2.33. The first-order valence-corrected chi connectivity index (χ1v) is 7.20. The maximum Gasteiger partial charge on any atom is 0.0477 e. The van der Waals surface area contributed by atoms with Crippen molar-refractivity contribution in [2.75, 3.05) is 37.7 Å². The fourth-order valence-corrected chi connectivity index (χ4v) is 3.10. The number of hydrogen-bond acceptors (Lipinski definition) is 3. The molecule has 3 nitrogen and oxygen atoms in total. The summed E-state index contributed by atoms with van der Waals surface area (Å²) in [5, 5.41) is 3.54. The molecule has 0 amide bonds. The molecule has 1 saturated heterocycles. The molecule has 0 radical (unpaired) electrons. The van der Waals surface area contributed by atoms with Crippen molar-refractivity contribution in [1.82, 2.24) is 4.90 Å². The van der Waals surface area contributed by atoms with Crippen LogP contribution in [0.2, 0.25) is 0 Å². The van der Waals surface area contributed by atoms with Gasteiger partial charge in [0.05, 0.1) is 0 Å². The summed E-state index contributed by atoms with van der Waals surface area (Å²) in [7, 11) is 2.21. The fourth-order valence-electron chi connectivity index (χ4n) is 2.37. The molecule has 94 valence electrons. The second kappa shape index (κ2) is 5.91. The summed E-state index contributed by atoms with van der Waals surface area (Å²) in [6, 6.07) is 6.04. The van der Waals surface area contributed by atoms with Gasteiger partial charge in [-0.25, -0.2) is 0 Å². The minimum atomic E-state index is 0.766. The van der Waals surface area contributed by atoms with E-state index in [0.29, 0.717) is 0 Å². The second-order valence-electron chi connectivity index (χ2n) is 4.89. The zero-order valence-electron chi connectivity index (χ0n) is 10.2. The summed E-state index contributed by atoms with van der Waals surface area (Å²) in [4.78, 5) is 2.42. The first kappa shape index (κ1) is 13.0. The highest BCUT2D eigenvalue weighted by Gasteiger charge is 2.16. The third kappa shape index (κ3) is 3.74. The average Bonchev–Trinajstić information content (AvgIpc) is 2.28. The number of likely N-dealkylation sites (tertiary alicyclic amines) is 1. The number of piperidine rings is 1. The highest BCUT2D eigenvalue weighted by Crippen LogP contribution is 2.22. The maximum absolute atomic E-state index is 5.75. The molecule has 1 aliphatic rings. The van der Waals surface area contributed by atoms with Crippen LogP contribution >= 0.6 is 22.6 Å². The third-order valence-electron chi connectivity index (χ3n) is 3.30. The van der Waals surface area contributed by atoms with E-state index in [2.05, 4.69) is 45.9 Å². The van der Waals surface area contributed by atoms with E-state index in [1.807, 2.05) is 12.1 Å². The molecular weight excluding hydrogens is 325 g/mol. The number of anilines is 2. The van der Waals surface area contributed by atoms with E-state index >= 15 is 0 Å². The predicted octanol–water partition coefficient (Wildman–Crippen LogP) is 2.63. The van der Waals surface area contributed by atoms with E-state index in [-0.39, 0.29) is 0 Å². The van der Waals surface area contributed by atoms with Gasteiger partial charge in [-0.05, 0) is 73.1 Å². The maximum atomic E-state index is 5.75. The predicted molar refractivity (Wildman–Crippen MR) is 82.3 cm³/mol. The summed E-state index contributed by atoms with van der Waals surface area (Å²) in [6.07, 6.45) is 2.66. The van der Waals surface area contributed by atoms with Crippen molar-refractivity contribution < 1.29 is 0 Å². The van der Waals surface area contributed by atoms with Gasteiger partial charge in [-0.3, -0.25) is 0 Å². The molecule has 0 spiro atoms. The van der Waals surface area contributed by atoms with E-state index in [1.54, 1.807) is 0 Å². The number of halogens is 1. The molecule has 0 saturated carbocycles. The van der Waals surface area contributed by atoms with Crippen molar-refractivity contribution in [3.05, 3.63) is 21.8 Å². The number of nitrogens with zero attached hydrogens (tertiary/aromatic N) is 1. The lowest BCUT2D eigenvalue weighted by molar-refractivity contribution is 0.217. The van der Waals surface area contributed by atoms with Gasteiger partial charge in [0.15, 0.2) is 0 Å². The first-order valence-electron chi connectivity index (χ1n) is 6.12. The van der Waals surface area contributed by atoms with Crippen molar-refractivity contribution in [2.45, 2.75) is 12.8 Å². The Hall–Kier alpha value is -0.490. The zero-order valence-corrected chi connectivity index (χ0v) is 12.4. The van der Waals surface area contributed by atoms with Crippen LogP contribution in [0.25, 0.3) is 0 Å². The molecule has 17 heavy (non-hydrogen) atoms. The lowest BCUT2D eigenvalue weighted by Gasteiger charge is -2.30. The topological polar surface area (TPSA) is 41.3 Å². The normalized spacial score (nSPS) is 21.4. The van der Waals surface area contributed by atoms with Gasteiger partial charge >= 0.3 is 0 Å². The summed E-state index contributed by atoms with van der Waals surface area (Å²) in [5.74, 6) is 0.766. The van der Waals surface area contributed by atoms with Crippen LogP contribution in [0, 0.1) is 9.49 Å². The Kier molecular flexibility index (Phi) is 4.50. The Labute approximate surface area is 117 Å². The van der Waals surface area contributed by atoms with Crippen LogP contribution in [0.3, 0.4) is 0 Å². The van der Waals surface area contributed by atoms with Crippen LogP contribution in [0.5, 0.6) is 0 Å². The van der Waals surface area contributed by atoms with Crippen LogP contribution in [0.15, 0.2) is 18.2 Å². The van der Waals surface area contributed by atoms with Gasteiger partial charge in [-0.1, -0.05) is 0 Å². The van der Waals surface area contributed by atoms with Crippen molar-refractivity contribution in [3.63, 3.8) is 0 Å². The molecular formula is C13H20IN3. The molecule has 2 rings (SSSR count). The van der Waals surface area contributed by atoms with Crippen molar-refractivity contribution in [3.8, 4) is 0 Å². The van der Waals surface area contributed by atoms with E-state index in [4.69, 9.17) is 5.73 Å². The van der Waals surface area contributed by atoms with Gasteiger partial charge in [-0.2, -0.15) is 0 Å². The number of nitrogens with two attached hydrogens (primary N) is 1. The molecule has 0 aliphatic carbocycles. The Morgan fingerprint density at radius 1 is 1.53 bits per heavy atom. The Bertz CT molecular complexity index is 381. The van der Waals surface area contributed by atoms with E-state index in [1.165, 1.54) is 35.2 Å². The Morgan fingerprint density at radius 3 is 3.06 bits per heavy atom. The molecule has 3 N–H and O–H groups in total. The van der Waals surface area contributed by atoms with Gasteiger partial charge < -0.3 is 16.0 Å². The highest BCUT2D eigenvalue weighted by molar-refractivity contribution is 14.1. The molecule has 1 aromatic rings. The minimum Gasteiger partial charge on any atom is -0.399 e. The third-order valence-corrected chi connectivity index (χ3v) is 4.19. The monoisotopic (exact) mass is 345 g/mol. The van der Waals surface area contributed by atoms with Gasteiger partial charge in [0.1, 0.15) is 0 Å². The smallest absolute Gasteiger partial charge is 0.0477 e. The van der Waals surface area contributed by atoms with Gasteiger partial charge in [0, 0.05) is 28.0 Å². The number of nitrogens with one attached hydrogen (secondary N) is 1. The molecule has 0 bridgehead atoms. The van der Waals surface area contributed by atoms with Crippen molar-refractivity contribution >= 4 is 34.0 Å². The zero-order chi connectivity index (χ0) is 12.3. The molecule has 1 atom stereocenters. The Balaban J connectivity index is 1.88. The van der Waals surface area contributed by atoms with Gasteiger partial charge in [0.25, 0.3) is 0 Å². The van der Waals surface area contributed by atoms with Crippen LogP contribution in [-0.4, -0.2) is 31.6 Å². The first-order chi connectivity index (χ1) is 8.15. The SMILES string of the molecule is CN1CCCC(CNc2ccc(N)cc2I)C1. The Morgan fingerprint density at radius 2 is 2.35 bits per heavy atom. The molecule has 1 unspecified atom stereocenters. The summed E-state index contributed by atoms with van der Waals surface area (Å²) in [6.45, 7) is 3.51. The highest BCUT2D eigenvalue weighted by atomic mass is 127. The number of rotatable bonds is 3. The van der Waals surface area contributed by atoms with E-state index in [9.17, 15) is 0 Å². The molecule has 1 aliphatic heterocycles. The minimum absolute atomic E-state index is 0.766. The number of hydrogen-bond donors (Lipinski definition) is 2. The molecule has 1 heterocycles. The van der Waals surface area contributed by atoms with Gasteiger partial charge in [-0.15, -0.1) is 0 Å². The molecule has 4 heteroatoms. The molecule has 0 aromatic heterocycles. The summed E-state index contributed by atoms with van der Waals surface area (Å²) < 4.78 is 1.20. The number of benzene rings is 1. The lowest BCUT2D eigenvalue weighted by atomic mass is 9.98. The lowest BCUT2D eigenvalue weighted by Crippen LogP contribution is -2.35. The van der Waals surface area contributed by atoms with Crippen LogP contribution in [-0.2, 0) is 0 Å². The fraction of sp³-hybridized carbons (Fsp3) is 0.538. The quantitative estimate of drug-likeness (QED) is 0.654. The summed E-state index contributed by atoms with van der Waals surface area (Å²) in [5.41, 5.74) is 7.78. The molecule has 1 fully saturated rings. The van der Waals surface area contributed by atoms with Crippen LogP contribution < -0.4 is 11.1 Å².